The lowest BCUT2D eigenvalue weighted by Crippen LogP contribution is -2.34. The molecular formula is C28H40N2O4. The molecule has 0 aromatic heterocycles. The highest BCUT2D eigenvalue weighted by Crippen LogP contribution is 2.20. The van der Waals surface area contributed by atoms with Crippen molar-refractivity contribution in [2.45, 2.75) is 38.8 Å². The molecule has 0 aliphatic carbocycles. The SMILES string of the molecule is COc1ccc(CN2CCC(C=O)CC2)cc1.COc1ccc(CN2CCC(CO)CC2)cc1. The first-order valence-corrected chi connectivity index (χ1v) is 12.4. The number of piperidine rings is 2. The van der Waals surface area contributed by atoms with Crippen molar-refractivity contribution in [3.05, 3.63) is 59.7 Å². The number of rotatable bonds is 8. The molecule has 1 N–H and O–H groups in total. The molecular weight excluding hydrogens is 428 g/mol. The van der Waals surface area contributed by atoms with Crippen molar-refractivity contribution in [1.82, 2.24) is 9.80 Å². The Kier molecular flexibility index (Phi) is 10.9. The van der Waals surface area contributed by atoms with Crippen LogP contribution in [0.4, 0.5) is 0 Å². The molecule has 0 saturated carbocycles. The summed E-state index contributed by atoms with van der Waals surface area (Å²) in [7, 11) is 3.37. The fourth-order valence-electron chi connectivity index (χ4n) is 4.55. The van der Waals surface area contributed by atoms with Crippen LogP contribution in [0.25, 0.3) is 0 Å². The molecule has 0 bridgehead atoms. The Labute approximate surface area is 204 Å². The number of hydrogen-bond donors (Lipinski definition) is 1. The van der Waals surface area contributed by atoms with E-state index < -0.39 is 0 Å². The zero-order valence-corrected chi connectivity index (χ0v) is 20.7. The standard InChI is InChI=1S/C14H21NO2.C14H19NO2/c2*1-17-14-4-2-12(3-5-14)10-15-8-6-13(11-16)7-9-15/h2-5,13,16H,6-11H2,1H3;2-5,11,13H,6-10H2,1H3. The first-order chi connectivity index (χ1) is 16.6. The quantitative estimate of drug-likeness (QED) is 0.591. The number of likely N-dealkylation sites (tertiary alicyclic amines) is 2. The summed E-state index contributed by atoms with van der Waals surface area (Å²) in [6, 6.07) is 16.5. The monoisotopic (exact) mass is 468 g/mol. The molecule has 0 atom stereocenters. The van der Waals surface area contributed by atoms with Gasteiger partial charge in [-0.25, -0.2) is 0 Å². The Morgan fingerprint density at radius 1 is 0.765 bits per heavy atom. The highest BCUT2D eigenvalue weighted by Gasteiger charge is 2.19. The van der Waals surface area contributed by atoms with E-state index in [1.165, 1.54) is 11.1 Å². The number of benzene rings is 2. The van der Waals surface area contributed by atoms with Gasteiger partial charge >= 0.3 is 0 Å². The maximum Gasteiger partial charge on any atom is 0.123 e. The van der Waals surface area contributed by atoms with Crippen LogP contribution >= 0.6 is 0 Å². The van der Waals surface area contributed by atoms with Crippen molar-refractivity contribution in [2.75, 3.05) is 47.0 Å². The number of nitrogens with zero attached hydrogens (tertiary/aromatic N) is 2. The van der Waals surface area contributed by atoms with Gasteiger partial charge in [0.25, 0.3) is 0 Å². The van der Waals surface area contributed by atoms with Crippen molar-refractivity contribution < 1.29 is 19.4 Å². The fourth-order valence-corrected chi connectivity index (χ4v) is 4.55. The van der Waals surface area contributed by atoms with Gasteiger partial charge < -0.3 is 19.4 Å². The average molecular weight is 469 g/mol. The number of aldehydes is 1. The molecule has 6 heteroatoms. The topological polar surface area (TPSA) is 62.2 Å². The molecule has 4 rings (SSSR count). The third-order valence-electron chi connectivity index (χ3n) is 6.92. The van der Waals surface area contributed by atoms with E-state index in [1.54, 1.807) is 14.2 Å². The van der Waals surface area contributed by atoms with Crippen LogP contribution in [0.1, 0.15) is 36.8 Å². The molecule has 0 spiro atoms. The Morgan fingerprint density at radius 3 is 1.53 bits per heavy atom. The maximum absolute atomic E-state index is 10.7. The molecule has 2 aliphatic heterocycles. The smallest absolute Gasteiger partial charge is 0.123 e. The number of aliphatic hydroxyl groups is 1. The van der Waals surface area contributed by atoms with Gasteiger partial charge in [-0.2, -0.15) is 0 Å². The van der Waals surface area contributed by atoms with Crippen LogP contribution in [0.15, 0.2) is 48.5 Å². The average Bonchev–Trinajstić information content (AvgIpc) is 2.91. The summed E-state index contributed by atoms with van der Waals surface area (Å²) in [6.07, 6.45) is 5.34. The lowest BCUT2D eigenvalue weighted by molar-refractivity contribution is -0.112. The Balaban J connectivity index is 0.000000191. The minimum Gasteiger partial charge on any atom is -0.497 e. The number of ether oxygens (including phenoxy) is 2. The summed E-state index contributed by atoms with van der Waals surface area (Å²) < 4.78 is 10.3. The molecule has 6 nitrogen and oxygen atoms in total. The summed E-state index contributed by atoms with van der Waals surface area (Å²) in [6.45, 7) is 6.55. The molecule has 2 saturated heterocycles. The molecule has 186 valence electrons. The molecule has 2 fully saturated rings. The van der Waals surface area contributed by atoms with Gasteiger partial charge in [-0.05, 0) is 93.2 Å². The molecule has 0 amide bonds. The van der Waals surface area contributed by atoms with Gasteiger partial charge in [0, 0.05) is 25.6 Å². The van der Waals surface area contributed by atoms with Crippen LogP contribution in [0.5, 0.6) is 11.5 Å². The summed E-state index contributed by atoms with van der Waals surface area (Å²) in [5.41, 5.74) is 2.63. The maximum atomic E-state index is 10.7. The molecule has 2 aromatic carbocycles. The number of carbonyl (C=O) groups is 1. The van der Waals surface area contributed by atoms with Crippen molar-refractivity contribution in [1.29, 1.82) is 0 Å². The molecule has 0 unspecified atom stereocenters. The highest BCUT2D eigenvalue weighted by molar-refractivity contribution is 5.53. The van der Waals surface area contributed by atoms with Crippen molar-refractivity contribution in [3.63, 3.8) is 0 Å². The number of hydrogen-bond acceptors (Lipinski definition) is 6. The van der Waals surface area contributed by atoms with E-state index in [0.717, 1.165) is 82.7 Å². The first kappa shape index (κ1) is 26.2. The van der Waals surface area contributed by atoms with E-state index in [4.69, 9.17) is 14.6 Å². The first-order valence-electron chi connectivity index (χ1n) is 12.4. The highest BCUT2D eigenvalue weighted by atomic mass is 16.5. The van der Waals surface area contributed by atoms with Gasteiger partial charge in [-0.3, -0.25) is 9.80 Å². The van der Waals surface area contributed by atoms with Gasteiger partial charge in [-0.15, -0.1) is 0 Å². The lowest BCUT2D eigenvalue weighted by atomic mass is 9.97. The van der Waals surface area contributed by atoms with Crippen LogP contribution in [0, 0.1) is 11.8 Å². The second-order valence-electron chi connectivity index (χ2n) is 9.35. The van der Waals surface area contributed by atoms with Gasteiger partial charge in [0.2, 0.25) is 0 Å². The van der Waals surface area contributed by atoms with Gasteiger partial charge in [0.15, 0.2) is 0 Å². The summed E-state index contributed by atoms with van der Waals surface area (Å²) in [5, 5.41) is 9.09. The lowest BCUT2D eigenvalue weighted by Gasteiger charge is -2.31. The molecule has 2 heterocycles. The van der Waals surface area contributed by atoms with Crippen molar-refractivity contribution >= 4 is 6.29 Å². The number of methoxy groups -OCH3 is 2. The number of aliphatic hydroxyl groups excluding tert-OH is 1. The van der Waals surface area contributed by atoms with E-state index in [2.05, 4.69) is 34.1 Å². The zero-order chi connectivity index (χ0) is 24.2. The Morgan fingerprint density at radius 2 is 1.18 bits per heavy atom. The molecule has 0 radical (unpaired) electrons. The summed E-state index contributed by atoms with van der Waals surface area (Å²) in [5.74, 6) is 2.60. The van der Waals surface area contributed by atoms with Gasteiger partial charge in [0.1, 0.15) is 17.8 Å². The minimum absolute atomic E-state index is 0.280. The van der Waals surface area contributed by atoms with Crippen LogP contribution in [-0.2, 0) is 17.9 Å². The van der Waals surface area contributed by atoms with Gasteiger partial charge in [0.05, 0.1) is 14.2 Å². The third kappa shape index (κ3) is 8.42. The zero-order valence-electron chi connectivity index (χ0n) is 20.7. The van der Waals surface area contributed by atoms with Crippen LogP contribution < -0.4 is 9.47 Å². The van der Waals surface area contributed by atoms with E-state index in [-0.39, 0.29) is 5.92 Å². The normalized spacial score (nSPS) is 18.1. The van der Waals surface area contributed by atoms with E-state index in [9.17, 15) is 4.79 Å². The largest absolute Gasteiger partial charge is 0.497 e. The van der Waals surface area contributed by atoms with E-state index >= 15 is 0 Å². The molecule has 2 aliphatic rings. The Bertz CT molecular complexity index is 824. The summed E-state index contributed by atoms with van der Waals surface area (Å²) in [4.78, 5) is 15.5. The molecule has 34 heavy (non-hydrogen) atoms. The molecule has 2 aromatic rings. The Hall–Kier alpha value is -2.41. The minimum atomic E-state index is 0.280. The van der Waals surface area contributed by atoms with Crippen LogP contribution in [0.2, 0.25) is 0 Å². The predicted octanol–water partition coefficient (Wildman–Crippen LogP) is 4.01. The van der Waals surface area contributed by atoms with Crippen LogP contribution in [-0.4, -0.2) is 68.2 Å². The van der Waals surface area contributed by atoms with Gasteiger partial charge in [-0.1, -0.05) is 24.3 Å². The summed E-state index contributed by atoms with van der Waals surface area (Å²) >= 11 is 0. The fraction of sp³-hybridized carbons (Fsp3) is 0.536. The third-order valence-corrected chi connectivity index (χ3v) is 6.92. The van der Waals surface area contributed by atoms with Crippen molar-refractivity contribution in [2.24, 2.45) is 11.8 Å². The van der Waals surface area contributed by atoms with Crippen molar-refractivity contribution in [3.8, 4) is 11.5 Å². The van der Waals surface area contributed by atoms with Crippen LogP contribution in [0.3, 0.4) is 0 Å². The van der Waals surface area contributed by atoms with E-state index in [1.807, 2.05) is 24.3 Å². The second-order valence-corrected chi connectivity index (χ2v) is 9.35. The van der Waals surface area contributed by atoms with E-state index in [0.29, 0.717) is 12.5 Å². The number of carbonyl (C=O) groups excluding carboxylic acids is 1. The predicted molar refractivity (Wildman–Crippen MR) is 135 cm³/mol. The second kappa shape index (κ2) is 14.1.